The van der Waals surface area contributed by atoms with Gasteiger partial charge < -0.3 is 0 Å². The molecule has 2 aliphatic heterocycles. The first-order chi connectivity index (χ1) is 4.47. The first-order valence-corrected chi connectivity index (χ1v) is 2.85. The summed E-state index contributed by atoms with van der Waals surface area (Å²) in [6.45, 7) is 0.846. The SMILES string of the molecule is C1=NCCC2=[N+]=[N+]=CN12. The van der Waals surface area contributed by atoms with Crippen LogP contribution in [0, 0.1) is 0 Å². The Morgan fingerprint density at radius 2 is 2.67 bits per heavy atom. The summed E-state index contributed by atoms with van der Waals surface area (Å²) in [5, 5.41) is 0. The van der Waals surface area contributed by atoms with Crippen molar-refractivity contribution < 1.29 is 9.58 Å². The van der Waals surface area contributed by atoms with Crippen molar-refractivity contribution in [2.45, 2.75) is 6.42 Å². The van der Waals surface area contributed by atoms with Crippen molar-refractivity contribution in [2.24, 2.45) is 4.99 Å². The fraction of sp³-hybridized carbons (Fsp3) is 0.400. The number of hydrogen-bond donors (Lipinski definition) is 0. The molecule has 0 aromatic heterocycles. The molecule has 0 saturated carbocycles. The Kier molecular flexibility index (Phi) is 0.777. The largest absolute Gasteiger partial charge is 0.432 e. The minimum absolute atomic E-state index is 0.846. The molecule has 0 bridgehead atoms. The van der Waals surface area contributed by atoms with Crippen LogP contribution in [-0.4, -0.2) is 39.5 Å². The summed E-state index contributed by atoms with van der Waals surface area (Å²) in [4.78, 5) is 13.5. The van der Waals surface area contributed by atoms with Gasteiger partial charge >= 0.3 is 12.2 Å². The zero-order valence-corrected chi connectivity index (χ0v) is 4.86. The minimum atomic E-state index is 0.846. The van der Waals surface area contributed by atoms with Crippen molar-refractivity contribution in [2.75, 3.05) is 6.54 Å². The molecule has 0 amide bonds. The van der Waals surface area contributed by atoms with Gasteiger partial charge in [0.1, 0.15) is 0 Å². The third-order valence-corrected chi connectivity index (χ3v) is 1.32. The van der Waals surface area contributed by atoms with Gasteiger partial charge in [-0.1, -0.05) is 0 Å². The minimum Gasteiger partial charge on any atom is -0.253 e. The van der Waals surface area contributed by atoms with Crippen molar-refractivity contribution in [1.82, 2.24) is 4.90 Å². The third-order valence-electron chi connectivity index (χ3n) is 1.32. The first-order valence-electron chi connectivity index (χ1n) is 2.85. The lowest BCUT2D eigenvalue weighted by atomic mass is 10.3. The van der Waals surface area contributed by atoms with Crippen LogP contribution in [0.2, 0.25) is 0 Å². The number of hydrogen-bond acceptors (Lipinski definition) is 2. The monoisotopic (exact) mass is 122 g/mol. The van der Waals surface area contributed by atoms with E-state index in [0.717, 1.165) is 18.8 Å². The van der Waals surface area contributed by atoms with E-state index in [1.165, 1.54) is 0 Å². The molecule has 0 aliphatic carbocycles. The van der Waals surface area contributed by atoms with Crippen LogP contribution in [0.5, 0.6) is 0 Å². The molecule has 9 heavy (non-hydrogen) atoms. The first kappa shape index (κ1) is 4.50. The summed E-state index contributed by atoms with van der Waals surface area (Å²) in [5.74, 6) is 1.00. The molecule has 0 N–H and O–H groups in total. The van der Waals surface area contributed by atoms with E-state index in [0.29, 0.717) is 0 Å². The van der Waals surface area contributed by atoms with Crippen LogP contribution in [0.15, 0.2) is 4.99 Å². The van der Waals surface area contributed by atoms with E-state index in [-0.39, 0.29) is 0 Å². The number of rotatable bonds is 0. The zero-order chi connectivity index (χ0) is 6.10. The van der Waals surface area contributed by atoms with E-state index in [2.05, 4.69) is 14.6 Å². The maximum absolute atomic E-state index is 4.05. The predicted molar refractivity (Wildman–Crippen MR) is 31.4 cm³/mol. The Morgan fingerprint density at radius 3 is 3.56 bits per heavy atom. The van der Waals surface area contributed by atoms with Gasteiger partial charge in [0.05, 0.1) is 22.5 Å². The second-order valence-corrected chi connectivity index (χ2v) is 1.93. The van der Waals surface area contributed by atoms with Gasteiger partial charge in [-0.05, 0) is 0 Å². The lowest BCUT2D eigenvalue weighted by Crippen LogP contribution is -2.30. The van der Waals surface area contributed by atoms with Gasteiger partial charge in [0.15, 0.2) is 6.34 Å². The molecule has 0 saturated heterocycles. The van der Waals surface area contributed by atoms with E-state index < -0.39 is 0 Å². The highest BCUT2D eigenvalue weighted by Crippen LogP contribution is 1.96. The highest BCUT2D eigenvalue weighted by molar-refractivity contribution is 6.00. The van der Waals surface area contributed by atoms with Gasteiger partial charge in [0, 0.05) is 0 Å². The van der Waals surface area contributed by atoms with Crippen molar-refractivity contribution >= 4 is 18.5 Å². The second kappa shape index (κ2) is 1.55. The molecule has 0 aromatic rings. The molecule has 0 atom stereocenters. The van der Waals surface area contributed by atoms with Crippen LogP contribution < -0.4 is 0 Å². The normalized spacial score (nSPS) is 20.4. The molecular formula is C5H6N4+2. The maximum atomic E-state index is 4.05. The highest BCUT2D eigenvalue weighted by Gasteiger charge is 2.29. The van der Waals surface area contributed by atoms with Crippen molar-refractivity contribution in [3.8, 4) is 0 Å². The topological polar surface area (TPSA) is 43.8 Å². The van der Waals surface area contributed by atoms with Crippen LogP contribution in [0.25, 0.3) is 0 Å². The lowest BCUT2D eigenvalue weighted by Gasteiger charge is -1.99. The number of fused-ring (bicyclic) bond motifs is 1. The fourth-order valence-corrected chi connectivity index (χ4v) is 0.852. The molecule has 2 heterocycles. The average molecular weight is 122 g/mol. The Hall–Kier alpha value is -1.37. The van der Waals surface area contributed by atoms with E-state index in [4.69, 9.17) is 0 Å². The van der Waals surface area contributed by atoms with Gasteiger partial charge in [-0.15, -0.1) is 4.90 Å². The maximum Gasteiger partial charge on any atom is 0.432 e. The van der Waals surface area contributed by atoms with E-state index in [1.807, 2.05) is 4.90 Å². The lowest BCUT2D eigenvalue weighted by molar-refractivity contribution is -0.540. The summed E-state index contributed by atoms with van der Waals surface area (Å²) >= 11 is 0. The van der Waals surface area contributed by atoms with Gasteiger partial charge in [-0.2, -0.15) is 0 Å². The van der Waals surface area contributed by atoms with Crippen LogP contribution in [0.3, 0.4) is 0 Å². The molecule has 0 unspecified atom stereocenters. The molecule has 0 fully saturated rings. The van der Waals surface area contributed by atoms with Crippen molar-refractivity contribution in [3.63, 3.8) is 0 Å². The van der Waals surface area contributed by atoms with Gasteiger partial charge in [0.2, 0.25) is 0 Å². The van der Waals surface area contributed by atoms with Crippen LogP contribution in [0.4, 0.5) is 0 Å². The summed E-state index contributed by atoms with van der Waals surface area (Å²) in [5.41, 5.74) is 0. The highest BCUT2D eigenvalue weighted by atomic mass is 15.3. The smallest absolute Gasteiger partial charge is 0.253 e. The molecule has 44 valence electrons. The standard InChI is InChI=1S/C5H6N4/c1-2-6-3-9-4-7-8-5(1)9/h3-4H,1-2H2/q+2. The molecule has 0 aromatic carbocycles. The predicted octanol–water partition coefficient (Wildman–Crippen LogP) is -0.971. The van der Waals surface area contributed by atoms with Crippen LogP contribution in [-0.2, 0) is 0 Å². The molecule has 4 heteroatoms. The van der Waals surface area contributed by atoms with Crippen LogP contribution >= 0.6 is 0 Å². The summed E-state index contributed by atoms with van der Waals surface area (Å²) in [6, 6.07) is 0. The average Bonchev–Trinajstić information content (AvgIpc) is 2.33. The summed E-state index contributed by atoms with van der Waals surface area (Å²) < 4.78 is 0. The Labute approximate surface area is 52.0 Å². The molecule has 2 rings (SSSR count). The number of amidine groups is 1. The summed E-state index contributed by atoms with van der Waals surface area (Å²) in [6.07, 6.45) is 4.33. The fourth-order valence-electron chi connectivity index (χ4n) is 0.852. The van der Waals surface area contributed by atoms with E-state index in [1.54, 1.807) is 12.7 Å². The van der Waals surface area contributed by atoms with Crippen molar-refractivity contribution in [1.29, 1.82) is 0 Å². The van der Waals surface area contributed by atoms with Crippen LogP contribution in [0.1, 0.15) is 6.42 Å². The Balaban J connectivity index is 2.43. The van der Waals surface area contributed by atoms with E-state index in [9.17, 15) is 0 Å². The summed E-state index contributed by atoms with van der Waals surface area (Å²) in [7, 11) is 0. The Morgan fingerprint density at radius 1 is 1.67 bits per heavy atom. The molecule has 0 spiro atoms. The molecule has 2 aliphatic rings. The quantitative estimate of drug-likeness (QED) is 0.381. The number of aliphatic imine (C=N–C) groups is 1. The third kappa shape index (κ3) is 0.582. The number of nitrogens with zero attached hydrogens (tertiary/aromatic N) is 4. The van der Waals surface area contributed by atoms with Crippen molar-refractivity contribution in [3.05, 3.63) is 0 Å². The zero-order valence-electron chi connectivity index (χ0n) is 4.86. The van der Waals surface area contributed by atoms with E-state index >= 15 is 0 Å². The molecule has 4 nitrogen and oxygen atoms in total. The van der Waals surface area contributed by atoms with Gasteiger partial charge in [-0.3, -0.25) is 4.99 Å². The second-order valence-electron chi connectivity index (χ2n) is 1.93. The van der Waals surface area contributed by atoms with Gasteiger partial charge in [0.25, 0.3) is 0 Å². The molecular weight excluding hydrogens is 116 g/mol. The Bertz CT molecular complexity index is 252. The molecule has 0 radical (unpaired) electrons. The van der Waals surface area contributed by atoms with Gasteiger partial charge in [-0.25, -0.2) is 0 Å².